The second-order valence-corrected chi connectivity index (χ2v) is 11.8. The highest BCUT2D eigenvalue weighted by Crippen LogP contribution is 2.24. The Kier molecular flexibility index (Phi) is 11.0. The number of carbonyl (C=O) groups excluding carboxylic acids is 3. The molecule has 240 valence electrons. The van der Waals surface area contributed by atoms with Crippen molar-refractivity contribution in [3.05, 3.63) is 83.7 Å². The number of aromatic nitrogens is 1. The third-order valence-corrected chi connectivity index (χ3v) is 7.04. The standard InChI is InChI=1S/C32H39F2N7O4/c1-32(2,3)45-31(44)39-27-8-6-5-7-26(27)37-29(42)28-12-9-21(20-35-28)25(13-14-41-17-15-40(4)16-18-41)38-30(43)36-22-10-11-23(33)24(34)19-22/h5-12,19-20,25H,13-18H2,1-4H3,(H,37,42)(H,39,44)(H2,36,38,43). The molecule has 13 heteroatoms. The average Bonchev–Trinajstić information content (AvgIpc) is 2.98. The first-order chi connectivity index (χ1) is 21.4. The number of halogens is 2. The summed E-state index contributed by atoms with van der Waals surface area (Å²) in [7, 11) is 2.07. The van der Waals surface area contributed by atoms with E-state index in [0.29, 0.717) is 29.9 Å². The molecular formula is C32H39F2N7O4. The van der Waals surface area contributed by atoms with Gasteiger partial charge in [-0.1, -0.05) is 18.2 Å². The molecule has 0 saturated carbocycles. The number of hydrogen-bond donors (Lipinski definition) is 4. The van der Waals surface area contributed by atoms with E-state index in [1.807, 2.05) is 0 Å². The zero-order chi connectivity index (χ0) is 32.6. The maximum Gasteiger partial charge on any atom is 0.412 e. The van der Waals surface area contributed by atoms with Crippen LogP contribution in [0.1, 0.15) is 49.3 Å². The number of amides is 4. The first kappa shape index (κ1) is 33.3. The summed E-state index contributed by atoms with van der Waals surface area (Å²) in [6.07, 6.45) is 1.41. The lowest BCUT2D eigenvalue weighted by Crippen LogP contribution is -2.45. The molecular weight excluding hydrogens is 584 g/mol. The van der Waals surface area contributed by atoms with Crippen LogP contribution in [-0.4, -0.2) is 78.2 Å². The van der Waals surface area contributed by atoms with Crippen LogP contribution in [0.4, 0.5) is 35.4 Å². The number of anilines is 3. The van der Waals surface area contributed by atoms with Crippen molar-refractivity contribution in [2.24, 2.45) is 0 Å². The summed E-state index contributed by atoms with van der Waals surface area (Å²) >= 11 is 0. The fourth-order valence-electron chi connectivity index (χ4n) is 4.65. The smallest absolute Gasteiger partial charge is 0.412 e. The van der Waals surface area contributed by atoms with Gasteiger partial charge in [-0.05, 0) is 70.1 Å². The number of ether oxygens (including phenoxy) is 1. The molecule has 0 radical (unpaired) electrons. The highest BCUT2D eigenvalue weighted by Gasteiger charge is 2.21. The topological polar surface area (TPSA) is 128 Å². The van der Waals surface area contributed by atoms with E-state index in [0.717, 1.165) is 38.3 Å². The van der Waals surface area contributed by atoms with Gasteiger partial charge in [0.2, 0.25) is 0 Å². The molecule has 1 atom stereocenters. The van der Waals surface area contributed by atoms with Crippen LogP contribution in [0.2, 0.25) is 0 Å². The number of nitrogens with one attached hydrogen (secondary N) is 4. The molecule has 45 heavy (non-hydrogen) atoms. The van der Waals surface area contributed by atoms with E-state index in [2.05, 4.69) is 43.1 Å². The van der Waals surface area contributed by atoms with E-state index in [1.54, 1.807) is 57.2 Å². The second kappa shape index (κ2) is 14.9. The zero-order valence-corrected chi connectivity index (χ0v) is 25.8. The monoisotopic (exact) mass is 623 g/mol. The van der Waals surface area contributed by atoms with Crippen LogP contribution in [-0.2, 0) is 4.74 Å². The van der Waals surface area contributed by atoms with Crippen LogP contribution in [0.5, 0.6) is 0 Å². The van der Waals surface area contributed by atoms with Crippen LogP contribution < -0.4 is 21.3 Å². The van der Waals surface area contributed by atoms with Crippen LogP contribution in [0.25, 0.3) is 0 Å². The van der Waals surface area contributed by atoms with E-state index in [-0.39, 0.29) is 11.4 Å². The minimum Gasteiger partial charge on any atom is -0.444 e. The summed E-state index contributed by atoms with van der Waals surface area (Å²) in [5.41, 5.74) is 0.917. The Morgan fingerprint density at radius 3 is 2.22 bits per heavy atom. The van der Waals surface area contributed by atoms with Gasteiger partial charge in [0.05, 0.1) is 17.4 Å². The molecule has 2 heterocycles. The van der Waals surface area contributed by atoms with Crippen LogP contribution in [0.3, 0.4) is 0 Å². The number of carbonyl (C=O) groups is 3. The van der Waals surface area contributed by atoms with Crippen molar-refractivity contribution in [2.75, 3.05) is 55.7 Å². The van der Waals surface area contributed by atoms with E-state index >= 15 is 0 Å². The van der Waals surface area contributed by atoms with Gasteiger partial charge < -0.3 is 30.5 Å². The van der Waals surface area contributed by atoms with Crippen LogP contribution in [0, 0.1) is 11.6 Å². The molecule has 1 aliphatic rings. The number of piperazine rings is 1. The number of benzene rings is 2. The molecule has 0 bridgehead atoms. The third kappa shape index (κ3) is 10.2. The largest absolute Gasteiger partial charge is 0.444 e. The molecule has 1 aliphatic heterocycles. The summed E-state index contributed by atoms with van der Waals surface area (Å²) in [6, 6.07) is 12.0. The zero-order valence-electron chi connectivity index (χ0n) is 25.8. The molecule has 1 saturated heterocycles. The first-order valence-electron chi connectivity index (χ1n) is 14.7. The van der Waals surface area contributed by atoms with Crippen molar-refractivity contribution >= 4 is 35.1 Å². The van der Waals surface area contributed by atoms with E-state index < -0.39 is 41.3 Å². The quantitative estimate of drug-likeness (QED) is 0.249. The Morgan fingerprint density at radius 2 is 1.60 bits per heavy atom. The molecule has 4 N–H and O–H groups in total. The number of pyridine rings is 1. The lowest BCUT2D eigenvalue weighted by atomic mass is 10.0. The summed E-state index contributed by atoms with van der Waals surface area (Å²) in [6.45, 7) is 9.63. The summed E-state index contributed by atoms with van der Waals surface area (Å²) in [4.78, 5) is 47.1. The number of para-hydroxylation sites is 2. The molecule has 3 aromatic rings. The number of hydrogen-bond acceptors (Lipinski definition) is 7. The van der Waals surface area contributed by atoms with Gasteiger partial charge in [0.25, 0.3) is 5.91 Å². The Hall–Kier alpha value is -4.62. The molecule has 4 rings (SSSR count). The number of likely N-dealkylation sites (N-methyl/N-ethyl adjacent to an activating group) is 1. The van der Waals surface area contributed by atoms with Gasteiger partial charge in [0, 0.05) is 50.7 Å². The van der Waals surface area contributed by atoms with E-state index in [9.17, 15) is 23.2 Å². The number of nitrogens with zero attached hydrogens (tertiary/aromatic N) is 3. The van der Waals surface area contributed by atoms with E-state index in [4.69, 9.17) is 4.74 Å². The molecule has 1 unspecified atom stereocenters. The Balaban J connectivity index is 1.45. The van der Waals surface area contributed by atoms with Crippen molar-refractivity contribution in [3.63, 3.8) is 0 Å². The van der Waals surface area contributed by atoms with Gasteiger partial charge >= 0.3 is 12.1 Å². The van der Waals surface area contributed by atoms with Gasteiger partial charge in [0.1, 0.15) is 11.3 Å². The van der Waals surface area contributed by atoms with Gasteiger partial charge in [-0.25, -0.2) is 18.4 Å². The lowest BCUT2D eigenvalue weighted by molar-refractivity contribution is 0.0635. The van der Waals surface area contributed by atoms with Gasteiger partial charge in [-0.3, -0.25) is 15.1 Å². The predicted octanol–water partition coefficient (Wildman–Crippen LogP) is 5.46. The summed E-state index contributed by atoms with van der Waals surface area (Å²) < 4.78 is 32.3. The minimum atomic E-state index is -1.07. The Morgan fingerprint density at radius 1 is 0.911 bits per heavy atom. The first-order valence-corrected chi connectivity index (χ1v) is 14.7. The fourth-order valence-corrected chi connectivity index (χ4v) is 4.65. The second-order valence-electron chi connectivity index (χ2n) is 11.8. The highest BCUT2D eigenvalue weighted by molar-refractivity contribution is 6.05. The van der Waals surface area contributed by atoms with Crippen molar-refractivity contribution < 1.29 is 27.9 Å². The average molecular weight is 624 g/mol. The predicted molar refractivity (Wildman–Crippen MR) is 168 cm³/mol. The van der Waals surface area contributed by atoms with Gasteiger partial charge in [-0.2, -0.15) is 0 Å². The molecule has 1 fully saturated rings. The molecule has 2 aromatic carbocycles. The third-order valence-electron chi connectivity index (χ3n) is 7.04. The maximum absolute atomic E-state index is 13.7. The normalized spacial score (nSPS) is 14.7. The van der Waals surface area contributed by atoms with Crippen LogP contribution in [0.15, 0.2) is 60.8 Å². The van der Waals surface area contributed by atoms with Crippen molar-refractivity contribution in [2.45, 2.75) is 38.8 Å². The molecule has 11 nitrogen and oxygen atoms in total. The fraction of sp³-hybridized carbons (Fsp3) is 0.375. The molecule has 0 spiro atoms. The SMILES string of the molecule is CN1CCN(CCC(NC(=O)Nc2ccc(F)c(F)c2)c2ccc(C(=O)Nc3ccccc3NC(=O)OC(C)(C)C)nc2)CC1. The maximum atomic E-state index is 13.7. The Labute approximate surface area is 261 Å². The van der Waals surface area contributed by atoms with Crippen molar-refractivity contribution in [1.29, 1.82) is 0 Å². The van der Waals surface area contributed by atoms with Crippen molar-refractivity contribution in [3.8, 4) is 0 Å². The molecule has 1 aromatic heterocycles. The summed E-state index contributed by atoms with van der Waals surface area (Å²) in [5, 5.41) is 10.8. The van der Waals surface area contributed by atoms with E-state index in [1.165, 1.54) is 12.3 Å². The highest BCUT2D eigenvalue weighted by atomic mass is 19.2. The van der Waals surface area contributed by atoms with Gasteiger partial charge in [0.15, 0.2) is 11.6 Å². The molecule has 0 aliphatic carbocycles. The number of urea groups is 1. The van der Waals surface area contributed by atoms with Crippen LogP contribution >= 0.6 is 0 Å². The lowest BCUT2D eigenvalue weighted by Gasteiger charge is -2.33. The minimum absolute atomic E-state index is 0.107. The molecule has 4 amide bonds. The Bertz CT molecular complexity index is 1490. The summed E-state index contributed by atoms with van der Waals surface area (Å²) in [5.74, 6) is -2.58. The number of rotatable bonds is 9. The van der Waals surface area contributed by atoms with Gasteiger partial charge in [-0.15, -0.1) is 0 Å². The van der Waals surface area contributed by atoms with Crippen molar-refractivity contribution in [1.82, 2.24) is 20.1 Å².